The van der Waals surface area contributed by atoms with Crippen molar-refractivity contribution in [3.05, 3.63) is 0 Å². The van der Waals surface area contributed by atoms with Crippen molar-refractivity contribution < 1.29 is 28.5 Å². The summed E-state index contributed by atoms with van der Waals surface area (Å²) in [5.41, 5.74) is -0.153. The Morgan fingerprint density at radius 3 is 1.32 bits per heavy atom. The van der Waals surface area contributed by atoms with Gasteiger partial charge in [-0.05, 0) is 119 Å². The molecule has 0 heterocycles. The fraction of sp³-hybridized carbons (Fsp3) is 0.920. The van der Waals surface area contributed by atoms with Gasteiger partial charge in [0.15, 0.2) is 0 Å². The van der Waals surface area contributed by atoms with Gasteiger partial charge in [0.2, 0.25) is 0 Å². The number of carbonyl (C=O) groups excluding carboxylic acids is 2. The van der Waals surface area contributed by atoms with Crippen molar-refractivity contribution >= 4 is 11.9 Å². The second kappa shape index (κ2) is 8.62. The van der Waals surface area contributed by atoms with Gasteiger partial charge in [-0.25, -0.2) is 0 Å². The Morgan fingerprint density at radius 1 is 0.613 bits per heavy atom. The molecule has 0 unspecified atom stereocenters. The summed E-state index contributed by atoms with van der Waals surface area (Å²) < 4.78 is 11.3. The molecule has 31 heavy (non-hydrogen) atoms. The number of ether oxygens (including phenoxy) is 2. The second-order valence-electron chi connectivity index (χ2n) is 11.8. The number of hydrogen-bond donors (Lipinski definition) is 0. The Labute approximate surface area is 184 Å². The molecule has 0 aromatic rings. The van der Waals surface area contributed by atoms with Crippen LogP contribution in [0.2, 0.25) is 0 Å². The summed E-state index contributed by atoms with van der Waals surface area (Å²) in [4.78, 5) is 22.3. The lowest BCUT2D eigenvalue weighted by molar-refractivity contribution is -0.201. The number of esters is 2. The van der Waals surface area contributed by atoms with Crippen LogP contribution in [-0.4, -0.2) is 23.1 Å². The molecule has 8 bridgehead atoms. The maximum absolute atomic E-state index is 11.2. The standard InChI is InChI=1S/C13H20O2.C12H18O2.2FH/c1-8(14)15-13(2)11-4-9-3-10(6-11)7-12(13)5-9;1-8(13)14-12-5-9-2-10(6-12)4-11(3-9)7-12;;/h9-12H,3-7H2,1-2H3;9-11H,2-7H2,1H3;2*1H. The topological polar surface area (TPSA) is 52.6 Å². The fourth-order valence-electron chi connectivity index (χ4n) is 9.06. The summed E-state index contributed by atoms with van der Waals surface area (Å²) in [7, 11) is 0. The summed E-state index contributed by atoms with van der Waals surface area (Å²) in [5.74, 6) is 5.60. The van der Waals surface area contributed by atoms with E-state index >= 15 is 0 Å². The molecule has 6 heteroatoms. The predicted molar refractivity (Wildman–Crippen MR) is 115 cm³/mol. The Kier molecular flexibility index (Phi) is 6.80. The van der Waals surface area contributed by atoms with Crippen molar-refractivity contribution in [2.45, 2.75) is 103 Å². The van der Waals surface area contributed by atoms with Crippen molar-refractivity contribution in [3.63, 3.8) is 0 Å². The van der Waals surface area contributed by atoms with Crippen LogP contribution in [0.5, 0.6) is 0 Å². The van der Waals surface area contributed by atoms with Gasteiger partial charge in [0.1, 0.15) is 11.2 Å². The summed E-state index contributed by atoms with van der Waals surface area (Å²) >= 11 is 0. The zero-order valence-corrected chi connectivity index (χ0v) is 19.3. The predicted octanol–water partition coefficient (Wildman–Crippen LogP) is 5.59. The van der Waals surface area contributed by atoms with Crippen molar-refractivity contribution in [1.29, 1.82) is 0 Å². The van der Waals surface area contributed by atoms with Gasteiger partial charge in [-0.15, -0.1) is 0 Å². The minimum atomic E-state index is -0.126. The monoisotopic (exact) mass is 442 g/mol. The molecule has 8 aliphatic carbocycles. The van der Waals surface area contributed by atoms with E-state index in [1.165, 1.54) is 51.4 Å². The van der Waals surface area contributed by atoms with Crippen LogP contribution in [0, 0.1) is 41.4 Å². The van der Waals surface area contributed by atoms with Crippen LogP contribution in [0.3, 0.4) is 0 Å². The van der Waals surface area contributed by atoms with E-state index in [0.717, 1.165) is 48.9 Å². The molecule has 8 fully saturated rings. The van der Waals surface area contributed by atoms with E-state index in [1.54, 1.807) is 13.8 Å². The molecule has 0 atom stereocenters. The third-order valence-electron chi connectivity index (χ3n) is 9.47. The van der Waals surface area contributed by atoms with Gasteiger partial charge >= 0.3 is 11.9 Å². The molecule has 178 valence electrons. The van der Waals surface area contributed by atoms with Crippen LogP contribution in [0.4, 0.5) is 9.41 Å². The Bertz CT molecular complexity index is 628. The highest BCUT2D eigenvalue weighted by molar-refractivity contribution is 5.67. The normalized spacial score (nSPS) is 47.4. The van der Waals surface area contributed by atoms with E-state index in [9.17, 15) is 9.59 Å². The van der Waals surface area contributed by atoms with Gasteiger partial charge in [-0.2, -0.15) is 0 Å². The zero-order valence-electron chi connectivity index (χ0n) is 19.3. The Morgan fingerprint density at radius 2 is 0.968 bits per heavy atom. The van der Waals surface area contributed by atoms with E-state index in [-0.39, 0.29) is 32.5 Å². The second-order valence-corrected chi connectivity index (χ2v) is 11.8. The molecule has 8 saturated carbocycles. The Hall–Kier alpha value is -1.20. The minimum absolute atomic E-state index is 0. The SMILES string of the molecule is CC(=O)OC1(C)C2CC3CC(C2)CC1C3.CC(=O)OC12CC3CC(CC(C3)C1)C2.F.F. The molecule has 0 radical (unpaired) electrons. The summed E-state index contributed by atoms with van der Waals surface area (Å²) in [5, 5.41) is 0. The molecule has 0 aliphatic heterocycles. The van der Waals surface area contributed by atoms with Crippen LogP contribution in [0.1, 0.15) is 91.4 Å². The van der Waals surface area contributed by atoms with E-state index in [2.05, 4.69) is 6.92 Å². The first kappa shape index (κ1) is 24.4. The lowest BCUT2D eigenvalue weighted by atomic mass is 9.50. The molecule has 0 aromatic carbocycles. The molecule has 0 aromatic heterocycles. The maximum Gasteiger partial charge on any atom is 0.303 e. The summed E-state index contributed by atoms with van der Waals surface area (Å²) in [6.45, 7) is 5.29. The lowest BCUT2D eigenvalue weighted by Gasteiger charge is -2.58. The highest BCUT2D eigenvalue weighted by Crippen LogP contribution is 2.59. The molecule has 0 saturated heterocycles. The van der Waals surface area contributed by atoms with Crippen LogP contribution in [0.15, 0.2) is 0 Å². The fourth-order valence-corrected chi connectivity index (χ4v) is 9.06. The quantitative estimate of drug-likeness (QED) is 0.523. The van der Waals surface area contributed by atoms with Crippen molar-refractivity contribution in [1.82, 2.24) is 0 Å². The van der Waals surface area contributed by atoms with Gasteiger partial charge < -0.3 is 9.47 Å². The highest BCUT2D eigenvalue weighted by atomic mass is 19.0. The molecule has 0 amide bonds. The van der Waals surface area contributed by atoms with Crippen LogP contribution >= 0.6 is 0 Å². The molecule has 8 aliphatic rings. The van der Waals surface area contributed by atoms with E-state index in [4.69, 9.17) is 9.47 Å². The van der Waals surface area contributed by atoms with Crippen molar-refractivity contribution in [2.75, 3.05) is 0 Å². The van der Waals surface area contributed by atoms with Crippen LogP contribution in [0.25, 0.3) is 0 Å². The molecular formula is C25H40F2O4. The van der Waals surface area contributed by atoms with Crippen LogP contribution in [-0.2, 0) is 19.1 Å². The number of hydrogen-bond acceptors (Lipinski definition) is 4. The van der Waals surface area contributed by atoms with Crippen LogP contribution < -0.4 is 0 Å². The first-order valence-electron chi connectivity index (χ1n) is 12.1. The summed E-state index contributed by atoms with van der Waals surface area (Å²) in [6, 6.07) is 0. The molecule has 0 N–H and O–H groups in total. The minimum Gasteiger partial charge on any atom is -0.459 e. The first-order chi connectivity index (χ1) is 13.7. The summed E-state index contributed by atoms with van der Waals surface area (Å²) in [6.07, 6.45) is 14.3. The van der Waals surface area contributed by atoms with Crippen molar-refractivity contribution in [3.8, 4) is 0 Å². The van der Waals surface area contributed by atoms with E-state index in [0.29, 0.717) is 11.8 Å². The first-order valence-corrected chi connectivity index (χ1v) is 12.1. The smallest absolute Gasteiger partial charge is 0.303 e. The lowest BCUT2D eigenvalue weighted by Crippen LogP contribution is -2.57. The highest BCUT2D eigenvalue weighted by Gasteiger charge is 2.57. The average molecular weight is 443 g/mol. The largest absolute Gasteiger partial charge is 0.459 e. The van der Waals surface area contributed by atoms with Gasteiger partial charge in [0, 0.05) is 13.8 Å². The third-order valence-corrected chi connectivity index (χ3v) is 9.47. The third kappa shape index (κ3) is 4.50. The van der Waals surface area contributed by atoms with E-state index in [1.807, 2.05) is 0 Å². The molecular weight excluding hydrogens is 402 g/mol. The van der Waals surface area contributed by atoms with E-state index < -0.39 is 0 Å². The maximum atomic E-state index is 11.2. The van der Waals surface area contributed by atoms with Gasteiger partial charge in [0.25, 0.3) is 0 Å². The number of rotatable bonds is 2. The zero-order chi connectivity index (χ0) is 20.4. The molecule has 4 nitrogen and oxygen atoms in total. The molecule has 8 rings (SSSR count). The number of halogens is 2. The van der Waals surface area contributed by atoms with Crippen molar-refractivity contribution in [2.24, 2.45) is 41.4 Å². The van der Waals surface area contributed by atoms with Gasteiger partial charge in [-0.3, -0.25) is 19.0 Å². The Balaban J connectivity index is 0.000000165. The average Bonchev–Trinajstić information content (AvgIpc) is 2.57. The van der Waals surface area contributed by atoms with Gasteiger partial charge in [-0.1, -0.05) is 0 Å². The van der Waals surface area contributed by atoms with Gasteiger partial charge in [0.05, 0.1) is 0 Å². The number of carbonyl (C=O) groups is 2. The molecule has 0 spiro atoms.